The number of carbonyl (C=O) groups excluding carboxylic acids is 1. The molecular formula is C29H35NO6. The van der Waals surface area contributed by atoms with Gasteiger partial charge in [-0.15, -0.1) is 0 Å². The summed E-state index contributed by atoms with van der Waals surface area (Å²) in [5.41, 5.74) is 5.17. The summed E-state index contributed by atoms with van der Waals surface area (Å²) >= 11 is 0. The molecule has 3 aromatic rings. The Labute approximate surface area is 212 Å². The molecule has 2 aromatic carbocycles. The van der Waals surface area contributed by atoms with Gasteiger partial charge in [0.25, 0.3) is 0 Å². The van der Waals surface area contributed by atoms with Crippen LogP contribution in [0.5, 0.6) is 11.5 Å². The van der Waals surface area contributed by atoms with Crippen molar-refractivity contribution in [3.05, 3.63) is 58.8 Å². The summed E-state index contributed by atoms with van der Waals surface area (Å²) in [6.07, 6.45) is 2.99. The summed E-state index contributed by atoms with van der Waals surface area (Å²) in [4.78, 5) is 24.1. The van der Waals surface area contributed by atoms with Gasteiger partial charge in [0.05, 0.1) is 19.6 Å². The smallest absolute Gasteiger partial charge is 0.344 e. The van der Waals surface area contributed by atoms with E-state index in [1.807, 2.05) is 31.2 Å². The fourth-order valence-corrected chi connectivity index (χ4v) is 5.02. The number of aliphatic carboxylic acids is 1. The van der Waals surface area contributed by atoms with Crippen LogP contribution < -0.4 is 9.47 Å². The molecule has 4 rings (SSSR count). The molecule has 0 aliphatic heterocycles. The predicted octanol–water partition coefficient (Wildman–Crippen LogP) is 5.66. The number of benzene rings is 2. The monoisotopic (exact) mass is 493 g/mol. The number of ether oxygens (including phenoxy) is 3. The minimum atomic E-state index is -0.812. The van der Waals surface area contributed by atoms with Crippen molar-refractivity contribution in [1.29, 1.82) is 0 Å². The molecule has 0 saturated carbocycles. The third-order valence-corrected chi connectivity index (χ3v) is 6.79. The van der Waals surface area contributed by atoms with Gasteiger partial charge < -0.3 is 23.9 Å². The van der Waals surface area contributed by atoms with Crippen LogP contribution in [0.2, 0.25) is 0 Å². The Morgan fingerprint density at radius 2 is 1.94 bits per heavy atom. The summed E-state index contributed by atoms with van der Waals surface area (Å²) in [6.45, 7) is 7.03. The molecule has 7 nitrogen and oxygen atoms in total. The lowest BCUT2D eigenvalue weighted by molar-refractivity contribution is -0.146. The lowest BCUT2D eigenvalue weighted by Crippen LogP contribution is -2.19. The van der Waals surface area contributed by atoms with Gasteiger partial charge in [-0.25, -0.2) is 4.79 Å². The molecular weight excluding hydrogens is 458 g/mol. The highest BCUT2D eigenvalue weighted by atomic mass is 16.6. The third-order valence-electron chi connectivity index (χ3n) is 6.79. The minimum absolute atomic E-state index is 0.182. The Kier molecular flexibility index (Phi) is 7.87. The van der Waals surface area contributed by atoms with Crippen LogP contribution in [0.1, 0.15) is 74.3 Å². The molecule has 36 heavy (non-hydrogen) atoms. The van der Waals surface area contributed by atoms with Crippen LogP contribution in [-0.2, 0) is 27.3 Å². The van der Waals surface area contributed by atoms with Crippen molar-refractivity contribution in [3.63, 3.8) is 0 Å². The van der Waals surface area contributed by atoms with Crippen LogP contribution >= 0.6 is 0 Å². The van der Waals surface area contributed by atoms with Gasteiger partial charge in [0.15, 0.2) is 6.61 Å². The van der Waals surface area contributed by atoms with Gasteiger partial charge >= 0.3 is 11.9 Å². The summed E-state index contributed by atoms with van der Waals surface area (Å²) in [5.74, 6) is -0.107. The zero-order valence-corrected chi connectivity index (χ0v) is 21.5. The largest absolute Gasteiger partial charge is 0.497 e. The number of rotatable bonds is 10. The van der Waals surface area contributed by atoms with Crippen LogP contribution in [-0.4, -0.2) is 41.9 Å². The first-order chi connectivity index (χ1) is 17.3. The quantitative estimate of drug-likeness (QED) is 0.367. The normalized spacial score (nSPS) is 15.1. The second-order valence-electron chi connectivity index (χ2n) is 9.69. The molecule has 1 aliphatic carbocycles. The SMILES string of the molecule is CCCOC(=O)COc1ccc2c(c1)c1c(n2Cc2cc(OC)cc(C(C)C)c2)CCCC1C(=O)O. The number of carboxylic acids is 1. The van der Waals surface area contributed by atoms with Crippen molar-refractivity contribution in [2.75, 3.05) is 20.3 Å². The molecule has 0 amide bonds. The summed E-state index contributed by atoms with van der Waals surface area (Å²) in [7, 11) is 1.67. The lowest BCUT2D eigenvalue weighted by atomic mass is 9.85. The van der Waals surface area contributed by atoms with E-state index in [1.165, 1.54) is 5.56 Å². The molecule has 0 spiro atoms. The van der Waals surface area contributed by atoms with Crippen molar-refractivity contribution < 1.29 is 28.9 Å². The van der Waals surface area contributed by atoms with E-state index in [-0.39, 0.29) is 6.61 Å². The van der Waals surface area contributed by atoms with E-state index in [2.05, 4.69) is 30.5 Å². The molecule has 1 aliphatic rings. The molecule has 1 N–H and O–H groups in total. The Hall–Kier alpha value is -3.48. The highest BCUT2D eigenvalue weighted by molar-refractivity contribution is 5.92. The van der Waals surface area contributed by atoms with E-state index in [9.17, 15) is 14.7 Å². The fraction of sp³-hybridized carbons (Fsp3) is 0.448. The van der Waals surface area contributed by atoms with E-state index < -0.39 is 17.9 Å². The van der Waals surface area contributed by atoms with Gasteiger partial charge in [0.2, 0.25) is 0 Å². The van der Waals surface area contributed by atoms with Gasteiger partial charge in [-0.05, 0) is 78.6 Å². The number of hydrogen-bond donors (Lipinski definition) is 1. The zero-order chi connectivity index (χ0) is 25.8. The van der Waals surface area contributed by atoms with Crippen molar-refractivity contribution in [2.24, 2.45) is 0 Å². The molecule has 0 radical (unpaired) electrons. The van der Waals surface area contributed by atoms with E-state index >= 15 is 0 Å². The average molecular weight is 494 g/mol. The van der Waals surface area contributed by atoms with Crippen LogP contribution in [0, 0.1) is 0 Å². The van der Waals surface area contributed by atoms with Crippen LogP contribution in [0.3, 0.4) is 0 Å². The van der Waals surface area contributed by atoms with E-state index in [4.69, 9.17) is 14.2 Å². The van der Waals surface area contributed by atoms with Crippen molar-refractivity contribution in [2.45, 2.75) is 64.8 Å². The minimum Gasteiger partial charge on any atom is -0.497 e. The van der Waals surface area contributed by atoms with E-state index in [0.717, 1.165) is 52.7 Å². The highest BCUT2D eigenvalue weighted by Gasteiger charge is 2.32. The van der Waals surface area contributed by atoms with Crippen LogP contribution in [0.15, 0.2) is 36.4 Å². The first-order valence-corrected chi connectivity index (χ1v) is 12.7. The maximum Gasteiger partial charge on any atom is 0.344 e. The molecule has 0 fully saturated rings. The molecule has 0 bridgehead atoms. The molecule has 1 aromatic heterocycles. The van der Waals surface area contributed by atoms with Gasteiger partial charge in [-0.2, -0.15) is 0 Å². The van der Waals surface area contributed by atoms with Gasteiger partial charge in [-0.3, -0.25) is 4.79 Å². The van der Waals surface area contributed by atoms with Crippen LogP contribution in [0.4, 0.5) is 0 Å². The Morgan fingerprint density at radius 3 is 2.64 bits per heavy atom. The number of methoxy groups -OCH3 is 1. The van der Waals surface area contributed by atoms with Crippen LogP contribution in [0.25, 0.3) is 10.9 Å². The summed E-state index contributed by atoms with van der Waals surface area (Å²) in [5, 5.41) is 10.9. The van der Waals surface area contributed by atoms with Crippen molar-refractivity contribution in [1.82, 2.24) is 4.57 Å². The second kappa shape index (κ2) is 11.1. The molecule has 1 heterocycles. The number of fused-ring (bicyclic) bond motifs is 3. The number of aromatic nitrogens is 1. The Bertz CT molecular complexity index is 1260. The number of carboxylic acid groups (broad SMARTS) is 1. The highest BCUT2D eigenvalue weighted by Crippen LogP contribution is 2.41. The summed E-state index contributed by atoms with van der Waals surface area (Å²) in [6, 6.07) is 12.0. The van der Waals surface area contributed by atoms with Gasteiger partial charge in [0.1, 0.15) is 11.5 Å². The molecule has 192 valence electrons. The van der Waals surface area contributed by atoms with Gasteiger partial charge in [-0.1, -0.05) is 26.8 Å². The maximum absolute atomic E-state index is 12.2. The Morgan fingerprint density at radius 1 is 1.14 bits per heavy atom. The molecule has 7 heteroatoms. The third kappa shape index (κ3) is 5.35. The first kappa shape index (κ1) is 25.6. The number of nitrogens with zero attached hydrogens (tertiary/aromatic N) is 1. The van der Waals surface area contributed by atoms with E-state index in [0.29, 0.717) is 31.2 Å². The van der Waals surface area contributed by atoms with Crippen molar-refractivity contribution in [3.8, 4) is 11.5 Å². The maximum atomic E-state index is 12.2. The second-order valence-corrected chi connectivity index (χ2v) is 9.69. The predicted molar refractivity (Wildman–Crippen MR) is 138 cm³/mol. The topological polar surface area (TPSA) is 87.0 Å². The number of hydrogen-bond acceptors (Lipinski definition) is 5. The lowest BCUT2D eigenvalue weighted by Gasteiger charge is -2.22. The molecule has 1 atom stereocenters. The molecule has 1 unspecified atom stereocenters. The Balaban J connectivity index is 1.76. The van der Waals surface area contributed by atoms with E-state index in [1.54, 1.807) is 7.11 Å². The number of carbonyl (C=O) groups is 2. The standard InChI is InChI=1S/C29H35NO6/c1-5-11-35-27(31)17-36-21-9-10-25-24(15-21)28-23(29(32)33)7-6-8-26(28)30(25)16-19-12-20(18(2)3)14-22(13-19)34-4/h9-10,12-15,18,23H,5-8,11,16-17H2,1-4H3,(H,32,33). The molecule has 0 saturated heterocycles. The first-order valence-electron chi connectivity index (χ1n) is 12.7. The van der Waals surface area contributed by atoms with Crippen molar-refractivity contribution >= 4 is 22.8 Å². The fourth-order valence-electron chi connectivity index (χ4n) is 5.02. The van der Waals surface area contributed by atoms with Gasteiger partial charge in [0, 0.05) is 23.1 Å². The average Bonchev–Trinajstić information content (AvgIpc) is 3.18. The zero-order valence-electron chi connectivity index (χ0n) is 21.5. The number of esters is 1. The summed E-state index contributed by atoms with van der Waals surface area (Å²) < 4.78 is 18.6.